The zero-order valence-corrected chi connectivity index (χ0v) is 11.3. The van der Waals surface area contributed by atoms with Crippen LogP contribution >= 0.6 is 11.3 Å². The molecule has 0 bridgehead atoms. The molecule has 1 rings (SSSR count). The van der Waals surface area contributed by atoms with Gasteiger partial charge in [0.25, 0.3) is 0 Å². The Morgan fingerprint density at radius 3 is 2.81 bits per heavy atom. The number of thiophene rings is 1. The average molecular weight is 242 g/mol. The van der Waals surface area contributed by atoms with E-state index in [1.54, 1.807) is 7.11 Å². The molecule has 0 fully saturated rings. The molecule has 0 saturated carbocycles. The Labute approximate surface area is 102 Å². The summed E-state index contributed by atoms with van der Waals surface area (Å²) in [6.07, 6.45) is 1.10. The van der Waals surface area contributed by atoms with E-state index in [0.29, 0.717) is 0 Å². The van der Waals surface area contributed by atoms with Gasteiger partial charge in [0, 0.05) is 43.1 Å². The highest BCUT2D eigenvalue weighted by molar-refractivity contribution is 7.11. The highest BCUT2D eigenvalue weighted by Gasteiger charge is 2.03. The molecule has 1 heterocycles. The number of hydrogen-bond donors (Lipinski definition) is 1. The third-order valence-corrected chi connectivity index (χ3v) is 3.45. The van der Waals surface area contributed by atoms with Gasteiger partial charge in [-0.3, -0.25) is 0 Å². The van der Waals surface area contributed by atoms with Crippen LogP contribution < -0.4 is 5.32 Å². The van der Waals surface area contributed by atoms with Gasteiger partial charge in [0.1, 0.15) is 0 Å². The van der Waals surface area contributed by atoms with E-state index >= 15 is 0 Å². The van der Waals surface area contributed by atoms with Crippen molar-refractivity contribution in [3.8, 4) is 0 Å². The molecule has 0 amide bonds. The van der Waals surface area contributed by atoms with E-state index in [4.69, 9.17) is 4.74 Å². The summed E-state index contributed by atoms with van der Waals surface area (Å²) in [5, 5.41) is 3.17. The highest BCUT2D eigenvalue weighted by atomic mass is 32.1. The molecule has 0 aromatic carbocycles. The Bertz CT molecular complexity index is 288. The first-order valence-electron chi connectivity index (χ1n) is 5.66. The first-order chi connectivity index (χ1) is 7.76. The fraction of sp³-hybridized carbons (Fsp3) is 0.667. The molecule has 1 aromatic heterocycles. The lowest BCUT2D eigenvalue weighted by Gasteiger charge is -2.14. The van der Waals surface area contributed by atoms with Crippen molar-refractivity contribution in [2.24, 2.45) is 0 Å². The number of rotatable bonds is 8. The van der Waals surface area contributed by atoms with Crippen LogP contribution in [0.1, 0.15) is 16.2 Å². The maximum absolute atomic E-state index is 5.05. The van der Waals surface area contributed by atoms with Gasteiger partial charge in [-0.15, -0.1) is 11.3 Å². The van der Waals surface area contributed by atoms with E-state index < -0.39 is 0 Å². The summed E-state index contributed by atoms with van der Waals surface area (Å²) < 4.78 is 5.05. The van der Waals surface area contributed by atoms with Gasteiger partial charge in [-0.05, 0) is 32.6 Å². The van der Waals surface area contributed by atoms with Crippen molar-refractivity contribution in [3.63, 3.8) is 0 Å². The van der Waals surface area contributed by atoms with E-state index in [1.165, 1.54) is 9.75 Å². The van der Waals surface area contributed by atoms with Gasteiger partial charge in [0.05, 0.1) is 0 Å². The van der Waals surface area contributed by atoms with Crippen LogP contribution in [0.5, 0.6) is 0 Å². The van der Waals surface area contributed by atoms with Crippen molar-refractivity contribution in [2.45, 2.75) is 19.5 Å². The van der Waals surface area contributed by atoms with E-state index in [0.717, 1.165) is 32.7 Å². The number of nitrogens with one attached hydrogen (secondary N) is 1. The molecule has 0 radical (unpaired) electrons. The van der Waals surface area contributed by atoms with Gasteiger partial charge >= 0.3 is 0 Å². The maximum atomic E-state index is 5.05. The third kappa shape index (κ3) is 5.07. The summed E-state index contributed by atoms with van der Waals surface area (Å²) in [7, 11) is 5.90. The van der Waals surface area contributed by atoms with Gasteiger partial charge < -0.3 is 15.0 Å². The lowest BCUT2D eigenvalue weighted by molar-refractivity contribution is 0.178. The molecular formula is C12H22N2OS. The summed E-state index contributed by atoms with van der Waals surface area (Å²) in [5.74, 6) is 0. The summed E-state index contributed by atoms with van der Waals surface area (Å²) in [4.78, 5) is 5.18. The molecule has 0 atom stereocenters. The molecule has 3 nitrogen and oxygen atoms in total. The van der Waals surface area contributed by atoms with E-state index in [-0.39, 0.29) is 0 Å². The van der Waals surface area contributed by atoms with Crippen LogP contribution in [-0.2, 0) is 17.8 Å². The van der Waals surface area contributed by atoms with Crippen molar-refractivity contribution in [2.75, 3.05) is 34.4 Å². The first-order valence-corrected chi connectivity index (χ1v) is 6.47. The van der Waals surface area contributed by atoms with Gasteiger partial charge in [0.15, 0.2) is 0 Å². The quantitative estimate of drug-likeness (QED) is 0.705. The minimum atomic E-state index is 0.847. The smallest absolute Gasteiger partial charge is 0.0474 e. The Kier molecular flexibility index (Phi) is 6.64. The second-order valence-electron chi connectivity index (χ2n) is 3.98. The van der Waals surface area contributed by atoms with Crippen LogP contribution in [0.3, 0.4) is 0 Å². The van der Waals surface area contributed by atoms with E-state index in [9.17, 15) is 0 Å². The lowest BCUT2D eigenvalue weighted by atomic mass is 10.3. The van der Waals surface area contributed by atoms with Crippen LogP contribution in [0.15, 0.2) is 12.1 Å². The molecule has 0 aliphatic rings. The lowest BCUT2D eigenvalue weighted by Crippen LogP contribution is -2.19. The number of methoxy groups -OCH3 is 1. The SMILES string of the molecule is CNCc1ccc(CN(C)CCCOC)s1. The summed E-state index contributed by atoms with van der Waals surface area (Å²) in [6, 6.07) is 4.43. The Hall–Kier alpha value is -0.420. The molecule has 0 saturated heterocycles. The van der Waals surface area contributed by atoms with Crippen LogP contribution in [-0.4, -0.2) is 39.3 Å². The third-order valence-electron chi connectivity index (χ3n) is 2.38. The Balaban J connectivity index is 2.28. The molecule has 1 aromatic rings. The zero-order chi connectivity index (χ0) is 11.8. The van der Waals surface area contributed by atoms with E-state index in [1.807, 2.05) is 18.4 Å². The number of ether oxygens (including phenoxy) is 1. The van der Waals surface area contributed by atoms with Crippen molar-refractivity contribution >= 4 is 11.3 Å². The van der Waals surface area contributed by atoms with Crippen LogP contribution in [0.4, 0.5) is 0 Å². The van der Waals surface area contributed by atoms with Crippen molar-refractivity contribution in [1.29, 1.82) is 0 Å². The van der Waals surface area contributed by atoms with Gasteiger partial charge in [-0.2, -0.15) is 0 Å². The second kappa shape index (κ2) is 7.79. The molecule has 0 unspecified atom stereocenters. The van der Waals surface area contributed by atoms with Gasteiger partial charge in [-0.1, -0.05) is 0 Å². The average Bonchev–Trinajstić information content (AvgIpc) is 2.66. The number of hydrogen-bond acceptors (Lipinski definition) is 4. The van der Waals surface area contributed by atoms with Crippen molar-refractivity contribution in [1.82, 2.24) is 10.2 Å². The normalized spacial score (nSPS) is 11.2. The van der Waals surface area contributed by atoms with Crippen LogP contribution in [0.2, 0.25) is 0 Å². The Morgan fingerprint density at radius 1 is 1.38 bits per heavy atom. The van der Waals surface area contributed by atoms with Crippen LogP contribution in [0, 0.1) is 0 Å². The topological polar surface area (TPSA) is 24.5 Å². The molecule has 4 heteroatoms. The molecule has 16 heavy (non-hydrogen) atoms. The fourth-order valence-electron chi connectivity index (χ4n) is 1.60. The summed E-state index contributed by atoms with van der Waals surface area (Å²) in [6.45, 7) is 3.95. The van der Waals surface area contributed by atoms with Gasteiger partial charge in [0.2, 0.25) is 0 Å². The fourth-order valence-corrected chi connectivity index (χ4v) is 2.71. The van der Waals surface area contributed by atoms with Crippen molar-refractivity contribution in [3.05, 3.63) is 21.9 Å². The first kappa shape index (κ1) is 13.6. The molecule has 0 aliphatic carbocycles. The predicted molar refractivity (Wildman–Crippen MR) is 69.9 cm³/mol. The molecule has 0 aliphatic heterocycles. The minimum Gasteiger partial charge on any atom is -0.385 e. The zero-order valence-electron chi connectivity index (χ0n) is 10.5. The molecular weight excluding hydrogens is 220 g/mol. The minimum absolute atomic E-state index is 0.847. The second-order valence-corrected chi connectivity index (χ2v) is 5.24. The van der Waals surface area contributed by atoms with E-state index in [2.05, 4.69) is 29.4 Å². The highest BCUT2D eigenvalue weighted by Crippen LogP contribution is 2.17. The molecule has 92 valence electrons. The molecule has 0 spiro atoms. The summed E-state index contributed by atoms with van der Waals surface area (Å²) in [5.41, 5.74) is 0. The maximum Gasteiger partial charge on any atom is 0.0474 e. The Morgan fingerprint density at radius 2 is 2.12 bits per heavy atom. The monoisotopic (exact) mass is 242 g/mol. The summed E-state index contributed by atoms with van der Waals surface area (Å²) >= 11 is 1.89. The number of nitrogens with zero attached hydrogens (tertiary/aromatic N) is 1. The largest absolute Gasteiger partial charge is 0.385 e. The standard InChI is InChI=1S/C12H22N2OS/c1-13-9-11-5-6-12(16-11)10-14(2)7-4-8-15-3/h5-6,13H,4,7-10H2,1-3H3. The van der Waals surface area contributed by atoms with Gasteiger partial charge in [-0.25, -0.2) is 0 Å². The van der Waals surface area contributed by atoms with Crippen LogP contribution in [0.25, 0.3) is 0 Å². The van der Waals surface area contributed by atoms with Crippen molar-refractivity contribution < 1.29 is 4.74 Å². The predicted octanol–water partition coefficient (Wildman–Crippen LogP) is 1.94. The molecule has 1 N–H and O–H groups in total.